The number of benzene rings is 1. The number of nitrogens with one attached hydrogen (secondary N) is 1. The summed E-state index contributed by atoms with van der Waals surface area (Å²) in [5.74, 6) is -0.173. The van der Waals surface area contributed by atoms with E-state index in [1.54, 1.807) is 7.11 Å². The Morgan fingerprint density at radius 3 is 2.77 bits per heavy atom. The van der Waals surface area contributed by atoms with Crippen molar-refractivity contribution in [2.75, 3.05) is 7.11 Å². The van der Waals surface area contributed by atoms with E-state index in [1.807, 2.05) is 18.3 Å². The van der Waals surface area contributed by atoms with Crippen LogP contribution >= 0.6 is 0 Å². The van der Waals surface area contributed by atoms with Gasteiger partial charge in [0.15, 0.2) is 0 Å². The van der Waals surface area contributed by atoms with Crippen molar-refractivity contribution in [1.82, 2.24) is 4.98 Å². The Kier molecular flexibility index (Phi) is 4.88. The molecule has 0 unspecified atom stereocenters. The number of carboxylic acids is 1. The zero-order chi connectivity index (χ0) is 16.3. The maximum absolute atomic E-state index is 10.9. The molecule has 1 aromatic carbocycles. The molecule has 4 N–H and O–H groups in total. The first-order valence-corrected chi connectivity index (χ1v) is 7.21. The van der Waals surface area contributed by atoms with Crippen molar-refractivity contribution < 1.29 is 14.6 Å². The highest BCUT2D eigenvalue weighted by molar-refractivity contribution is 5.89. The van der Waals surface area contributed by atoms with Crippen molar-refractivity contribution in [2.45, 2.75) is 32.7 Å². The van der Waals surface area contributed by atoms with E-state index in [1.165, 1.54) is 5.57 Å². The van der Waals surface area contributed by atoms with Crippen LogP contribution in [0.15, 0.2) is 30.0 Å². The fourth-order valence-electron chi connectivity index (χ4n) is 2.49. The molecule has 0 aliphatic carbocycles. The fourth-order valence-corrected chi connectivity index (χ4v) is 2.49. The molecule has 1 heterocycles. The van der Waals surface area contributed by atoms with Gasteiger partial charge >= 0.3 is 5.97 Å². The highest BCUT2D eigenvalue weighted by Gasteiger charge is 2.17. The number of carbonyl (C=O) groups is 1. The van der Waals surface area contributed by atoms with E-state index in [0.29, 0.717) is 6.42 Å². The number of hydrogen-bond donors (Lipinski definition) is 3. The zero-order valence-electron chi connectivity index (χ0n) is 13.1. The number of rotatable bonds is 6. The molecule has 1 aromatic heterocycles. The van der Waals surface area contributed by atoms with Crippen molar-refractivity contribution in [1.29, 1.82) is 0 Å². The van der Waals surface area contributed by atoms with Crippen molar-refractivity contribution >= 4 is 16.9 Å². The van der Waals surface area contributed by atoms with E-state index < -0.39 is 12.0 Å². The molecular weight excluding hydrogens is 280 g/mol. The molecule has 0 aliphatic heterocycles. The van der Waals surface area contributed by atoms with Gasteiger partial charge in [0, 0.05) is 23.6 Å². The Morgan fingerprint density at radius 1 is 1.45 bits per heavy atom. The standard InChI is InChI=1S/C17H22N2O3/c1-10(2)4-5-13-15(22-3)7-6-12-11(9-19-16(12)13)8-14(18)17(20)21/h4,6-7,9,14,19H,5,8,18H2,1-3H3,(H,20,21)/t14-/m0/s1. The summed E-state index contributed by atoms with van der Waals surface area (Å²) in [5.41, 5.74) is 9.83. The van der Waals surface area contributed by atoms with Gasteiger partial charge in [-0.1, -0.05) is 11.6 Å². The second-order valence-electron chi connectivity index (χ2n) is 5.62. The average Bonchev–Trinajstić information content (AvgIpc) is 2.87. The summed E-state index contributed by atoms with van der Waals surface area (Å²) in [4.78, 5) is 14.2. The molecule has 5 heteroatoms. The van der Waals surface area contributed by atoms with E-state index in [9.17, 15) is 4.79 Å². The third-order valence-corrected chi connectivity index (χ3v) is 3.70. The third-order valence-electron chi connectivity index (χ3n) is 3.70. The maximum Gasteiger partial charge on any atom is 0.320 e. The lowest BCUT2D eigenvalue weighted by Gasteiger charge is -2.10. The maximum atomic E-state index is 10.9. The SMILES string of the molecule is COc1ccc2c(C[C@H](N)C(=O)O)c[nH]c2c1CC=C(C)C. The largest absolute Gasteiger partial charge is 0.496 e. The van der Waals surface area contributed by atoms with Gasteiger partial charge in [-0.3, -0.25) is 4.79 Å². The number of nitrogens with two attached hydrogens (primary N) is 1. The molecule has 0 radical (unpaired) electrons. The molecule has 0 fully saturated rings. The van der Waals surface area contributed by atoms with Gasteiger partial charge in [-0.05, 0) is 38.0 Å². The van der Waals surface area contributed by atoms with Crippen molar-refractivity contribution in [3.05, 3.63) is 41.1 Å². The number of ether oxygens (including phenoxy) is 1. The van der Waals surface area contributed by atoms with Crippen LogP contribution in [0, 0.1) is 0 Å². The predicted molar refractivity (Wildman–Crippen MR) is 87.3 cm³/mol. The minimum atomic E-state index is -0.993. The van der Waals surface area contributed by atoms with Gasteiger partial charge in [0.1, 0.15) is 11.8 Å². The normalized spacial score (nSPS) is 12.2. The number of methoxy groups -OCH3 is 1. The molecule has 0 bridgehead atoms. The Bertz CT molecular complexity index is 712. The van der Waals surface area contributed by atoms with Crippen LogP contribution in [0.2, 0.25) is 0 Å². The summed E-state index contributed by atoms with van der Waals surface area (Å²) in [6.45, 7) is 4.11. The monoisotopic (exact) mass is 302 g/mol. The molecule has 0 saturated heterocycles. The van der Waals surface area contributed by atoms with Crippen LogP contribution < -0.4 is 10.5 Å². The summed E-state index contributed by atoms with van der Waals surface area (Å²) in [5, 5.41) is 9.97. The first-order valence-electron chi connectivity index (χ1n) is 7.21. The van der Waals surface area contributed by atoms with Gasteiger partial charge < -0.3 is 20.6 Å². The Hall–Kier alpha value is -2.27. The summed E-state index contributed by atoms with van der Waals surface area (Å²) >= 11 is 0. The van der Waals surface area contributed by atoms with Gasteiger partial charge in [-0.25, -0.2) is 0 Å². The first kappa shape index (κ1) is 16.1. The van der Waals surface area contributed by atoms with Crippen LogP contribution in [0.4, 0.5) is 0 Å². The number of carboxylic acid groups (broad SMARTS) is 1. The van der Waals surface area contributed by atoms with E-state index in [2.05, 4.69) is 24.9 Å². The van der Waals surface area contributed by atoms with Gasteiger partial charge in [0.2, 0.25) is 0 Å². The second kappa shape index (κ2) is 6.66. The zero-order valence-corrected chi connectivity index (χ0v) is 13.1. The summed E-state index contributed by atoms with van der Waals surface area (Å²) < 4.78 is 5.45. The Morgan fingerprint density at radius 2 is 2.18 bits per heavy atom. The lowest BCUT2D eigenvalue weighted by atomic mass is 10.0. The van der Waals surface area contributed by atoms with Crippen molar-refractivity contribution in [2.24, 2.45) is 5.73 Å². The van der Waals surface area contributed by atoms with Crippen LogP contribution in [0.3, 0.4) is 0 Å². The van der Waals surface area contributed by atoms with Crippen LogP contribution in [0.25, 0.3) is 10.9 Å². The summed E-state index contributed by atoms with van der Waals surface area (Å²) in [6, 6.07) is 2.96. The first-order chi connectivity index (χ1) is 10.4. The van der Waals surface area contributed by atoms with Gasteiger partial charge in [-0.15, -0.1) is 0 Å². The smallest absolute Gasteiger partial charge is 0.320 e. The number of aromatic amines is 1. The average molecular weight is 302 g/mol. The van der Waals surface area contributed by atoms with Crippen LogP contribution in [0.1, 0.15) is 25.0 Å². The molecule has 2 rings (SSSR count). The van der Waals surface area contributed by atoms with Crippen molar-refractivity contribution in [3.63, 3.8) is 0 Å². The molecule has 0 saturated carbocycles. The number of fused-ring (bicyclic) bond motifs is 1. The molecule has 5 nitrogen and oxygen atoms in total. The topological polar surface area (TPSA) is 88.3 Å². The number of aromatic nitrogens is 1. The lowest BCUT2D eigenvalue weighted by Crippen LogP contribution is -2.32. The van der Waals surface area contributed by atoms with Gasteiger partial charge in [-0.2, -0.15) is 0 Å². The number of hydrogen-bond acceptors (Lipinski definition) is 3. The number of allylic oxidation sites excluding steroid dienone is 2. The minimum absolute atomic E-state index is 0.295. The molecule has 22 heavy (non-hydrogen) atoms. The van der Waals surface area contributed by atoms with Crippen LogP contribution in [-0.2, 0) is 17.6 Å². The molecule has 1 atom stereocenters. The van der Waals surface area contributed by atoms with E-state index in [-0.39, 0.29) is 0 Å². The van der Waals surface area contributed by atoms with E-state index in [4.69, 9.17) is 15.6 Å². The molecule has 2 aromatic rings. The van der Waals surface area contributed by atoms with E-state index in [0.717, 1.165) is 34.2 Å². The summed E-state index contributed by atoms with van der Waals surface area (Å²) in [7, 11) is 1.65. The van der Waals surface area contributed by atoms with Crippen molar-refractivity contribution in [3.8, 4) is 5.75 Å². The van der Waals surface area contributed by atoms with E-state index >= 15 is 0 Å². The minimum Gasteiger partial charge on any atom is -0.496 e. The lowest BCUT2D eigenvalue weighted by molar-refractivity contribution is -0.138. The fraction of sp³-hybridized carbons (Fsp3) is 0.353. The third kappa shape index (κ3) is 3.31. The molecular formula is C17H22N2O3. The Balaban J connectivity index is 2.47. The van der Waals surface area contributed by atoms with Gasteiger partial charge in [0.05, 0.1) is 12.6 Å². The highest BCUT2D eigenvalue weighted by Crippen LogP contribution is 2.30. The second-order valence-corrected chi connectivity index (χ2v) is 5.62. The quantitative estimate of drug-likeness (QED) is 0.716. The molecule has 0 aliphatic rings. The van der Waals surface area contributed by atoms with Crippen LogP contribution in [-0.4, -0.2) is 29.2 Å². The molecule has 0 spiro atoms. The highest BCUT2D eigenvalue weighted by atomic mass is 16.5. The van der Waals surface area contributed by atoms with Crippen LogP contribution in [0.5, 0.6) is 5.75 Å². The van der Waals surface area contributed by atoms with Gasteiger partial charge in [0.25, 0.3) is 0 Å². The number of H-pyrrole nitrogens is 1. The summed E-state index contributed by atoms with van der Waals surface area (Å²) in [6.07, 6.45) is 5.03. The predicted octanol–water partition coefficient (Wildman–Crippen LogP) is 2.64. The number of aliphatic carboxylic acids is 1. The molecule has 0 amide bonds. The molecule has 118 valence electrons. The Labute approximate surface area is 129 Å².